The number of halogens is 1. The number of benzene rings is 1. The van der Waals surface area contributed by atoms with Crippen molar-refractivity contribution in [3.8, 4) is 0 Å². The lowest BCUT2D eigenvalue weighted by Gasteiger charge is -2.15. The van der Waals surface area contributed by atoms with E-state index < -0.39 is 5.91 Å². The summed E-state index contributed by atoms with van der Waals surface area (Å²) in [6.07, 6.45) is 0. The molecule has 128 valence electrons. The van der Waals surface area contributed by atoms with E-state index in [0.29, 0.717) is 17.9 Å². The Morgan fingerprint density at radius 3 is 2.46 bits per heavy atom. The minimum Gasteiger partial charge on any atom is -0.454 e. The molecule has 1 aromatic carbocycles. The van der Waals surface area contributed by atoms with Crippen molar-refractivity contribution in [2.75, 3.05) is 13.1 Å². The zero-order chi connectivity index (χ0) is 17.5. The Balaban J connectivity index is 1.91. The normalized spacial score (nSPS) is 10.7. The third-order valence-electron chi connectivity index (χ3n) is 3.54. The second kappa shape index (κ2) is 8.84. The fourth-order valence-electron chi connectivity index (χ4n) is 2.13. The van der Waals surface area contributed by atoms with Gasteiger partial charge in [0.1, 0.15) is 5.76 Å². The van der Waals surface area contributed by atoms with Crippen LogP contribution in [0.5, 0.6) is 0 Å². The summed E-state index contributed by atoms with van der Waals surface area (Å²) in [6, 6.07) is 10.5. The average Bonchev–Trinajstić information content (AvgIpc) is 3.05. The van der Waals surface area contributed by atoms with Crippen molar-refractivity contribution in [1.82, 2.24) is 15.8 Å². The standard InChI is InChI=1S/C17H20IN3O3/c1-3-21(4-2)11-14-8-9-15(24-14)17(23)20-19-16(22)12-6-5-7-13(18)10-12/h5-10H,3-4,11H2,1-2H3,(H,19,22)(H,20,23). The van der Waals surface area contributed by atoms with E-state index in [1.807, 2.05) is 6.07 Å². The van der Waals surface area contributed by atoms with E-state index in [-0.39, 0.29) is 11.7 Å². The number of amides is 2. The first-order chi connectivity index (χ1) is 11.5. The van der Waals surface area contributed by atoms with Crippen LogP contribution >= 0.6 is 22.6 Å². The Morgan fingerprint density at radius 1 is 1.08 bits per heavy atom. The van der Waals surface area contributed by atoms with E-state index in [2.05, 4.69) is 52.2 Å². The van der Waals surface area contributed by atoms with Gasteiger partial charge in [-0.2, -0.15) is 0 Å². The number of nitrogens with zero attached hydrogens (tertiary/aromatic N) is 1. The Labute approximate surface area is 154 Å². The fraction of sp³-hybridized carbons (Fsp3) is 0.294. The fourth-order valence-corrected chi connectivity index (χ4v) is 2.67. The molecule has 0 bridgehead atoms. The van der Waals surface area contributed by atoms with Gasteiger partial charge in [-0.05, 0) is 66.0 Å². The maximum atomic E-state index is 12.1. The van der Waals surface area contributed by atoms with Gasteiger partial charge in [-0.15, -0.1) is 0 Å². The Kier molecular flexibility index (Phi) is 6.80. The molecule has 0 radical (unpaired) electrons. The highest BCUT2D eigenvalue weighted by Gasteiger charge is 2.14. The molecule has 0 spiro atoms. The molecule has 2 aromatic rings. The van der Waals surface area contributed by atoms with Crippen molar-refractivity contribution in [2.45, 2.75) is 20.4 Å². The minimum absolute atomic E-state index is 0.167. The van der Waals surface area contributed by atoms with Gasteiger partial charge >= 0.3 is 5.91 Å². The summed E-state index contributed by atoms with van der Waals surface area (Å²) in [6.45, 7) is 6.60. The van der Waals surface area contributed by atoms with Crippen LogP contribution in [0.15, 0.2) is 40.8 Å². The van der Waals surface area contributed by atoms with Gasteiger partial charge in [0, 0.05) is 9.13 Å². The number of carbonyl (C=O) groups is 2. The topological polar surface area (TPSA) is 74.6 Å². The van der Waals surface area contributed by atoms with Gasteiger partial charge in [-0.25, -0.2) is 0 Å². The van der Waals surface area contributed by atoms with E-state index in [0.717, 1.165) is 16.7 Å². The molecule has 0 unspecified atom stereocenters. The van der Waals surface area contributed by atoms with Crippen LogP contribution in [0.25, 0.3) is 0 Å². The van der Waals surface area contributed by atoms with Crippen LogP contribution in [-0.4, -0.2) is 29.8 Å². The summed E-state index contributed by atoms with van der Waals surface area (Å²) in [4.78, 5) is 26.2. The van der Waals surface area contributed by atoms with E-state index in [1.165, 1.54) is 0 Å². The van der Waals surface area contributed by atoms with Crippen LogP contribution in [0.1, 0.15) is 40.5 Å². The zero-order valence-electron chi connectivity index (χ0n) is 13.6. The predicted molar refractivity (Wildman–Crippen MR) is 99.4 cm³/mol. The number of nitrogens with one attached hydrogen (secondary N) is 2. The molecule has 0 saturated carbocycles. The lowest BCUT2D eigenvalue weighted by Crippen LogP contribution is -2.41. The summed E-state index contributed by atoms with van der Waals surface area (Å²) >= 11 is 2.12. The summed E-state index contributed by atoms with van der Waals surface area (Å²) in [5, 5.41) is 0. The number of hydrogen-bond acceptors (Lipinski definition) is 4. The highest BCUT2D eigenvalue weighted by Crippen LogP contribution is 2.11. The van der Waals surface area contributed by atoms with Crippen molar-refractivity contribution < 1.29 is 14.0 Å². The van der Waals surface area contributed by atoms with E-state index in [9.17, 15) is 9.59 Å². The molecule has 0 aliphatic carbocycles. The first-order valence-electron chi connectivity index (χ1n) is 7.70. The summed E-state index contributed by atoms with van der Waals surface area (Å²) in [5.74, 6) is 0.0180. The van der Waals surface area contributed by atoms with Crippen molar-refractivity contribution >= 4 is 34.4 Å². The monoisotopic (exact) mass is 441 g/mol. The lowest BCUT2D eigenvalue weighted by atomic mass is 10.2. The maximum Gasteiger partial charge on any atom is 0.305 e. The summed E-state index contributed by atoms with van der Waals surface area (Å²) in [7, 11) is 0. The zero-order valence-corrected chi connectivity index (χ0v) is 15.8. The molecule has 6 nitrogen and oxygen atoms in total. The molecular weight excluding hydrogens is 421 g/mol. The van der Waals surface area contributed by atoms with Crippen molar-refractivity contribution in [1.29, 1.82) is 0 Å². The van der Waals surface area contributed by atoms with Crippen molar-refractivity contribution in [3.63, 3.8) is 0 Å². The van der Waals surface area contributed by atoms with Crippen LogP contribution in [0.2, 0.25) is 0 Å². The van der Waals surface area contributed by atoms with Gasteiger partial charge in [0.15, 0.2) is 5.76 Å². The molecule has 7 heteroatoms. The van der Waals surface area contributed by atoms with Crippen LogP contribution in [0.4, 0.5) is 0 Å². The molecule has 2 N–H and O–H groups in total. The molecule has 1 aromatic heterocycles. The van der Waals surface area contributed by atoms with E-state index >= 15 is 0 Å². The number of carbonyl (C=O) groups excluding carboxylic acids is 2. The molecular formula is C17H20IN3O3. The molecule has 0 aliphatic rings. The van der Waals surface area contributed by atoms with Gasteiger partial charge in [-0.3, -0.25) is 25.3 Å². The number of hydrazine groups is 1. The average molecular weight is 441 g/mol. The third kappa shape index (κ3) is 5.07. The Morgan fingerprint density at radius 2 is 1.79 bits per heavy atom. The van der Waals surface area contributed by atoms with Crippen LogP contribution < -0.4 is 10.9 Å². The first-order valence-corrected chi connectivity index (χ1v) is 8.78. The van der Waals surface area contributed by atoms with Crippen molar-refractivity contribution in [3.05, 3.63) is 57.1 Å². The van der Waals surface area contributed by atoms with Crippen LogP contribution in [0.3, 0.4) is 0 Å². The molecule has 2 rings (SSSR count). The molecule has 2 amide bonds. The van der Waals surface area contributed by atoms with E-state index in [4.69, 9.17) is 4.42 Å². The SMILES string of the molecule is CCN(CC)Cc1ccc(C(=O)NNC(=O)c2cccc(I)c2)o1. The van der Waals surface area contributed by atoms with Gasteiger partial charge in [0.25, 0.3) is 5.91 Å². The predicted octanol–water partition coefficient (Wildman–Crippen LogP) is 2.80. The number of hydrogen-bond donors (Lipinski definition) is 2. The van der Waals surface area contributed by atoms with Crippen molar-refractivity contribution in [2.24, 2.45) is 0 Å². The highest BCUT2D eigenvalue weighted by atomic mass is 127. The second-order valence-corrected chi connectivity index (χ2v) is 6.39. The smallest absolute Gasteiger partial charge is 0.305 e. The second-order valence-electron chi connectivity index (χ2n) is 5.15. The van der Waals surface area contributed by atoms with Gasteiger partial charge < -0.3 is 4.42 Å². The first kappa shape index (κ1) is 18.5. The van der Waals surface area contributed by atoms with Crippen LogP contribution in [-0.2, 0) is 6.54 Å². The largest absolute Gasteiger partial charge is 0.454 e. The molecule has 0 saturated heterocycles. The number of furan rings is 1. The quantitative estimate of drug-likeness (QED) is 0.534. The summed E-state index contributed by atoms with van der Waals surface area (Å²) in [5.41, 5.74) is 5.22. The summed E-state index contributed by atoms with van der Waals surface area (Å²) < 4.78 is 6.47. The maximum absolute atomic E-state index is 12.1. The third-order valence-corrected chi connectivity index (χ3v) is 4.21. The lowest BCUT2D eigenvalue weighted by molar-refractivity contribution is 0.0829. The Bertz CT molecular complexity index is 711. The van der Waals surface area contributed by atoms with Gasteiger partial charge in [-0.1, -0.05) is 19.9 Å². The Hall–Kier alpha value is -1.87. The highest BCUT2D eigenvalue weighted by molar-refractivity contribution is 14.1. The molecule has 0 aliphatic heterocycles. The van der Waals surface area contributed by atoms with Crippen LogP contribution in [0, 0.1) is 3.57 Å². The van der Waals surface area contributed by atoms with E-state index in [1.54, 1.807) is 30.3 Å². The molecule has 1 heterocycles. The minimum atomic E-state index is -0.486. The van der Waals surface area contributed by atoms with Gasteiger partial charge in [0.05, 0.1) is 6.54 Å². The molecule has 0 fully saturated rings. The molecule has 0 atom stereocenters. The van der Waals surface area contributed by atoms with Gasteiger partial charge in [0.2, 0.25) is 0 Å². The number of rotatable bonds is 6. The molecule has 24 heavy (non-hydrogen) atoms.